The van der Waals surface area contributed by atoms with Crippen molar-refractivity contribution in [1.29, 1.82) is 0 Å². The van der Waals surface area contributed by atoms with Gasteiger partial charge in [-0.1, -0.05) is 5.16 Å². The van der Waals surface area contributed by atoms with Crippen LogP contribution in [0.3, 0.4) is 0 Å². The summed E-state index contributed by atoms with van der Waals surface area (Å²) in [5.74, 6) is -1.14. The van der Waals surface area contributed by atoms with Gasteiger partial charge in [0, 0.05) is 6.20 Å². The van der Waals surface area contributed by atoms with E-state index in [2.05, 4.69) is 9.99 Å². The van der Waals surface area contributed by atoms with Gasteiger partial charge in [0.15, 0.2) is 5.71 Å². The fraction of sp³-hybridized carbons (Fsp3) is 0.444. The van der Waals surface area contributed by atoms with E-state index < -0.39 is 11.2 Å². The lowest BCUT2D eigenvalue weighted by Gasteiger charge is -2.42. The van der Waals surface area contributed by atoms with Crippen LogP contribution in [0, 0.1) is 0 Å². The highest BCUT2D eigenvalue weighted by Gasteiger charge is 2.49. The maximum absolute atomic E-state index is 11.5. The van der Waals surface area contributed by atoms with Crippen molar-refractivity contribution in [3.05, 3.63) is 11.8 Å². The maximum atomic E-state index is 11.5. The number of carboxylic acid groups (broad SMARTS) is 1. The Kier molecular flexibility index (Phi) is 2.63. The number of oxime groups is 1. The van der Waals surface area contributed by atoms with E-state index in [1.54, 1.807) is 13.1 Å². The molecule has 6 nitrogen and oxygen atoms in total. The summed E-state index contributed by atoms with van der Waals surface area (Å²) >= 11 is 1.18. The van der Waals surface area contributed by atoms with E-state index in [9.17, 15) is 9.59 Å². The van der Waals surface area contributed by atoms with E-state index in [0.29, 0.717) is 5.57 Å². The molecule has 2 atom stereocenters. The van der Waals surface area contributed by atoms with E-state index in [4.69, 9.17) is 5.11 Å². The number of carboxylic acids is 1. The van der Waals surface area contributed by atoms with Crippen molar-refractivity contribution in [1.82, 2.24) is 4.90 Å². The number of β-lactam (4-membered cyclic amide) rings is 1. The zero-order valence-electron chi connectivity index (χ0n) is 8.71. The molecule has 0 aliphatic carbocycles. The van der Waals surface area contributed by atoms with Gasteiger partial charge < -0.3 is 9.94 Å². The minimum Gasteiger partial charge on any atom is -0.480 e. The molecule has 1 saturated heterocycles. The van der Waals surface area contributed by atoms with E-state index in [-0.39, 0.29) is 17.0 Å². The predicted octanol–water partition coefficient (Wildman–Crippen LogP) is 0.261. The standard InChI is InChI=1S/C9H10N2O4S/c1-4-3-11-7(12)5(10-15-2)8(11)16-6(4)9(13)14/h3,6,8H,1-2H3,(H,13,14)/t6?,8-/m1/s1. The minimum absolute atomic E-state index is 0.234. The van der Waals surface area contributed by atoms with Crippen LogP contribution in [0.5, 0.6) is 0 Å². The summed E-state index contributed by atoms with van der Waals surface area (Å²) in [7, 11) is 1.35. The molecule has 0 spiro atoms. The van der Waals surface area contributed by atoms with Crippen LogP contribution in [0.4, 0.5) is 0 Å². The first-order valence-electron chi connectivity index (χ1n) is 4.56. The van der Waals surface area contributed by atoms with Gasteiger partial charge in [0.05, 0.1) is 0 Å². The Morgan fingerprint density at radius 1 is 1.69 bits per heavy atom. The van der Waals surface area contributed by atoms with Crippen LogP contribution in [0.1, 0.15) is 6.92 Å². The summed E-state index contributed by atoms with van der Waals surface area (Å²) in [5.41, 5.74) is 0.918. The van der Waals surface area contributed by atoms with Gasteiger partial charge in [-0.05, 0) is 12.5 Å². The van der Waals surface area contributed by atoms with Crippen molar-refractivity contribution >= 4 is 29.4 Å². The average molecular weight is 242 g/mol. The highest BCUT2D eigenvalue weighted by Crippen LogP contribution is 2.38. The Morgan fingerprint density at radius 2 is 2.38 bits per heavy atom. The molecular formula is C9H10N2O4S. The number of amides is 1. The largest absolute Gasteiger partial charge is 0.480 e. The molecular weight excluding hydrogens is 232 g/mol. The smallest absolute Gasteiger partial charge is 0.320 e. The number of aliphatic carboxylic acids is 1. The van der Waals surface area contributed by atoms with Gasteiger partial charge in [-0.25, -0.2) is 0 Å². The Balaban J connectivity index is 2.26. The first kappa shape index (κ1) is 11.0. The molecule has 1 unspecified atom stereocenters. The zero-order chi connectivity index (χ0) is 11.9. The number of carbonyl (C=O) groups excluding carboxylic acids is 1. The topological polar surface area (TPSA) is 79.2 Å². The highest BCUT2D eigenvalue weighted by atomic mass is 32.2. The number of hydrogen-bond donors (Lipinski definition) is 1. The quantitative estimate of drug-likeness (QED) is 0.555. The van der Waals surface area contributed by atoms with Gasteiger partial charge in [-0.2, -0.15) is 0 Å². The van der Waals surface area contributed by atoms with Gasteiger partial charge in [0.25, 0.3) is 5.91 Å². The van der Waals surface area contributed by atoms with Crippen LogP contribution < -0.4 is 0 Å². The number of hydrogen-bond acceptors (Lipinski definition) is 5. The maximum Gasteiger partial charge on any atom is 0.320 e. The van der Waals surface area contributed by atoms with Gasteiger partial charge >= 0.3 is 5.97 Å². The van der Waals surface area contributed by atoms with Crippen LogP contribution in [0.25, 0.3) is 0 Å². The number of carbonyl (C=O) groups is 2. The van der Waals surface area contributed by atoms with Gasteiger partial charge in [0.1, 0.15) is 17.7 Å². The third-order valence-corrected chi connectivity index (χ3v) is 3.93. The molecule has 2 aliphatic heterocycles. The van der Waals surface area contributed by atoms with E-state index in [1.165, 1.54) is 23.8 Å². The molecule has 1 fully saturated rings. The Labute approximate surface area is 95.9 Å². The van der Waals surface area contributed by atoms with Crippen molar-refractivity contribution in [3.63, 3.8) is 0 Å². The van der Waals surface area contributed by atoms with Crippen molar-refractivity contribution in [2.75, 3.05) is 7.11 Å². The third kappa shape index (κ3) is 1.47. The highest BCUT2D eigenvalue weighted by molar-refractivity contribution is 8.02. The van der Waals surface area contributed by atoms with Crippen LogP contribution in [-0.4, -0.2) is 45.3 Å². The molecule has 1 N–H and O–H groups in total. The van der Waals surface area contributed by atoms with Gasteiger partial charge in [0.2, 0.25) is 0 Å². The number of rotatable bonds is 2. The molecule has 16 heavy (non-hydrogen) atoms. The molecule has 7 heteroatoms. The first-order valence-corrected chi connectivity index (χ1v) is 5.51. The molecule has 0 aromatic carbocycles. The summed E-state index contributed by atoms with van der Waals surface area (Å²) in [5, 5.41) is 11.6. The lowest BCUT2D eigenvalue weighted by molar-refractivity contribution is -0.136. The Bertz CT molecular complexity index is 418. The van der Waals surface area contributed by atoms with Crippen molar-refractivity contribution in [3.8, 4) is 0 Å². The summed E-state index contributed by atoms with van der Waals surface area (Å²) in [6.07, 6.45) is 1.57. The first-order chi connectivity index (χ1) is 7.56. The number of nitrogens with zero attached hydrogens (tertiary/aromatic N) is 2. The SMILES string of the molecule is CON=C1C(=O)N2C=C(C)C(C(=O)O)S[C@H]12. The molecule has 86 valence electrons. The average Bonchev–Trinajstić information content (AvgIpc) is 2.25. The lowest BCUT2D eigenvalue weighted by atomic mass is 10.1. The Morgan fingerprint density at radius 3 is 2.94 bits per heavy atom. The molecule has 0 aromatic rings. The molecule has 2 rings (SSSR count). The summed E-state index contributed by atoms with van der Waals surface area (Å²) in [4.78, 5) is 28.5. The van der Waals surface area contributed by atoms with Crippen molar-refractivity contribution in [2.45, 2.75) is 17.5 Å². The number of thioether (sulfide) groups is 1. The summed E-state index contributed by atoms with van der Waals surface area (Å²) in [6.45, 7) is 1.70. The second kappa shape index (κ2) is 3.82. The Hall–Kier alpha value is -1.50. The van der Waals surface area contributed by atoms with E-state index in [0.717, 1.165) is 0 Å². The van der Waals surface area contributed by atoms with E-state index in [1.807, 2.05) is 0 Å². The van der Waals surface area contributed by atoms with Gasteiger partial charge in [-0.15, -0.1) is 11.8 Å². The molecule has 0 radical (unpaired) electrons. The van der Waals surface area contributed by atoms with Crippen molar-refractivity contribution < 1.29 is 19.5 Å². The van der Waals surface area contributed by atoms with Gasteiger partial charge in [-0.3, -0.25) is 14.5 Å². The second-order valence-electron chi connectivity index (χ2n) is 3.45. The molecule has 2 aliphatic rings. The summed E-state index contributed by atoms with van der Waals surface area (Å²) in [6, 6.07) is 0. The second-order valence-corrected chi connectivity index (χ2v) is 4.64. The predicted molar refractivity (Wildman–Crippen MR) is 57.8 cm³/mol. The van der Waals surface area contributed by atoms with Crippen LogP contribution in [-0.2, 0) is 14.4 Å². The lowest BCUT2D eigenvalue weighted by Crippen LogP contribution is -2.60. The van der Waals surface area contributed by atoms with Crippen LogP contribution in [0.15, 0.2) is 16.9 Å². The van der Waals surface area contributed by atoms with E-state index >= 15 is 0 Å². The zero-order valence-corrected chi connectivity index (χ0v) is 9.52. The van der Waals surface area contributed by atoms with Crippen LogP contribution in [0.2, 0.25) is 0 Å². The fourth-order valence-electron chi connectivity index (χ4n) is 1.63. The molecule has 0 saturated carbocycles. The molecule has 2 heterocycles. The number of fused-ring (bicyclic) bond motifs is 1. The van der Waals surface area contributed by atoms with Crippen LogP contribution >= 0.6 is 11.8 Å². The molecule has 1 amide bonds. The molecule has 0 bridgehead atoms. The minimum atomic E-state index is -0.908. The van der Waals surface area contributed by atoms with Crippen molar-refractivity contribution in [2.24, 2.45) is 5.16 Å². The monoisotopic (exact) mass is 242 g/mol. The third-order valence-electron chi connectivity index (χ3n) is 2.38. The summed E-state index contributed by atoms with van der Waals surface area (Å²) < 4.78 is 0. The molecule has 0 aromatic heterocycles. The normalized spacial score (nSPS) is 30.6. The fourth-order valence-corrected chi connectivity index (χ4v) is 2.84.